The van der Waals surface area contributed by atoms with E-state index < -0.39 is 6.10 Å². The van der Waals surface area contributed by atoms with Crippen molar-refractivity contribution in [3.8, 4) is 0 Å². The molecule has 0 bridgehead atoms. The summed E-state index contributed by atoms with van der Waals surface area (Å²) in [5.41, 5.74) is 0. The van der Waals surface area contributed by atoms with Crippen LogP contribution in [0, 0.1) is 0 Å². The Morgan fingerprint density at radius 3 is 0.841 bits per heavy atom. The van der Waals surface area contributed by atoms with Crippen LogP contribution in [-0.2, 0) is 28.6 Å². The van der Waals surface area contributed by atoms with Crippen molar-refractivity contribution in [3.05, 3.63) is 36.5 Å². The Labute approximate surface area is 391 Å². The smallest absolute Gasteiger partial charge is 0.306 e. The van der Waals surface area contributed by atoms with E-state index in [1.165, 1.54) is 180 Å². The molecule has 0 aliphatic carbocycles. The molecule has 1 unspecified atom stereocenters. The molecule has 0 saturated carbocycles. The van der Waals surface area contributed by atoms with Crippen LogP contribution in [0.3, 0.4) is 0 Å². The minimum Gasteiger partial charge on any atom is -0.462 e. The average Bonchev–Trinajstić information content (AvgIpc) is 3.28. The second-order valence-electron chi connectivity index (χ2n) is 18.5. The molecule has 0 heterocycles. The van der Waals surface area contributed by atoms with Gasteiger partial charge < -0.3 is 14.2 Å². The normalized spacial score (nSPS) is 12.2. The van der Waals surface area contributed by atoms with Crippen LogP contribution in [0.5, 0.6) is 0 Å². The molecule has 0 aromatic heterocycles. The van der Waals surface area contributed by atoms with Gasteiger partial charge in [-0.1, -0.05) is 211 Å². The Bertz CT molecular complexity index is 1060. The molecule has 0 radical (unpaired) electrons. The maximum Gasteiger partial charge on any atom is 0.306 e. The van der Waals surface area contributed by atoms with Crippen molar-refractivity contribution < 1.29 is 28.6 Å². The quantitative estimate of drug-likeness (QED) is 0.0262. The zero-order valence-electron chi connectivity index (χ0n) is 42.1. The topological polar surface area (TPSA) is 78.9 Å². The molecule has 6 nitrogen and oxygen atoms in total. The van der Waals surface area contributed by atoms with Crippen molar-refractivity contribution in [1.29, 1.82) is 0 Å². The van der Waals surface area contributed by atoms with Gasteiger partial charge in [-0.05, 0) is 96.3 Å². The van der Waals surface area contributed by atoms with E-state index in [4.69, 9.17) is 14.2 Å². The lowest BCUT2D eigenvalue weighted by Gasteiger charge is -2.18. The standard InChI is InChI=1S/C57H104O6/c1-4-7-10-13-16-19-22-25-27-28-29-31-32-35-38-41-44-47-50-56(59)62-53-54(52-61-55(58)49-46-43-40-37-34-24-21-18-15-12-9-6-3)63-57(60)51-48-45-42-39-36-33-30-26-23-20-17-14-11-8-5-2/h18,20-21,23,29,31,54H,4-17,19,22,24-28,30,32-53H2,1-3H3/b21-18-,23-20-,31-29-. The summed E-state index contributed by atoms with van der Waals surface area (Å²) in [6, 6.07) is 0. The van der Waals surface area contributed by atoms with E-state index in [1.807, 2.05) is 0 Å². The lowest BCUT2D eigenvalue weighted by Crippen LogP contribution is -2.30. The summed E-state index contributed by atoms with van der Waals surface area (Å²) in [5, 5.41) is 0. The number of carbonyl (C=O) groups is 3. The number of esters is 3. The Balaban J connectivity index is 4.35. The molecule has 0 aromatic rings. The Kier molecular flexibility index (Phi) is 50.3. The van der Waals surface area contributed by atoms with E-state index in [1.54, 1.807) is 0 Å². The molecule has 0 spiro atoms. The second-order valence-corrected chi connectivity index (χ2v) is 18.5. The molecule has 0 fully saturated rings. The van der Waals surface area contributed by atoms with E-state index in [2.05, 4.69) is 57.2 Å². The fraction of sp³-hybridized carbons (Fsp3) is 0.842. The summed E-state index contributed by atoms with van der Waals surface area (Å²) in [7, 11) is 0. The van der Waals surface area contributed by atoms with Gasteiger partial charge in [-0.25, -0.2) is 0 Å². The number of rotatable bonds is 50. The van der Waals surface area contributed by atoms with Gasteiger partial charge in [0.2, 0.25) is 0 Å². The highest BCUT2D eigenvalue weighted by atomic mass is 16.6. The van der Waals surface area contributed by atoms with Crippen LogP contribution in [-0.4, -0.2) is 37.2 Å². The van der Waals surface area contributed by atoms with Gasteiger partial charge in [0.1, 0.15) is 13.2 Å². The number of carbonyl (C=O) groups excluding carboxylic acids is 3. The summed E-state index contributed by atoms with van der Waals surface area (Å²) in [5.74, 6) is -0.889. The molecule has 0 rings (SSSR count). The SMILES string of the molecule is CCCCC/C=C\CCCCCCCC(=O)OCC(COC(=O)CCCCCCC/C=C\CCCCCCCCCCC)OC(=O)CCCCCCCCC/C=C\CCCCCC. The van der Waals surface area contributed by atoms with Crippen molar-refractivity contribution in [1.82, 2.24) is 0 Å². The fourth-order valence-electron chi connectivity index (χ4n) is 7.90. The molecule has 1 atom stereocenters. The van der Waals surface area contributed by atoms with Crippen molar-refractivity contribution in [3.63, 3.8) is 0 Å². The molecular weight excluding hydrogens is 781 g/mol. The van der Waals surface area contributed by atoms with Crippen molar-refractivity contribution in [2.45, 2.75) is 297 Å². The van der Waals surface area contributed by atoms with Crippen LogP contribution in [0.2, 0.25) is 0 Å². The minimum absolute atomic E-state index is 0.0790. The highest BCUT2D eigenvalue weighted by molar-refractivity contribution is 5.71. The molecule has 0 N–H and O–H groups in total. The number of hydrogen-bond acceptors (Lipinski definition) is 6. The van der Waals surface area contributed by atoms with Gasteiger partial charge in [0.05, 0.1) is 0 Å². The van der Waals surface area contributed by atoms with Gasteiger partial charge in [-0.15, -0.1) is 0 Å². The lowest BCUT2D eigenvalue weighted by atomic mass is 10.1. The fourth-order valence-corrected chi connectivity index (χ4v) is 7.90. The summed E-state index contributed by atoms with van der Waals surface area (Å²) in [6.07, 6.45) is 61.3. The van der Waals surface area contributed by atoms with Crippen LogP contribution >= 0.6 is 0 Å². The largest absolute Gasteiger partial charge is 0.462 e. The maximum absolute atomic E-state index is 12.8. The van der Waals surface area contributed by atoms with Gasteiger partial charge in [-0.3, -0.25) is 14.4 Å². The minimum atomic E-state index is -0.779. The Morgan fingerprint density at radius 1 is 0.302 bits per heavy atom. The Morgan fingerprint density at radius 2 is 0.524 bits per heavy atom. The molecular formula is C57H104O6. The first-order valence-corrected chi connectivity index (χ1v) is 27.5. The zero-order valence-corrected chi connectivity index (χ0v) is 42.1. The third-order valence-electron chi connectivity index (χ3n) is 12.1. The summed E-state index contributed by atoms with van der Waals surface area (Å²) in [4.78, 5) is 38.0. The zero-order chi connectivity index (χ0) is 45.8. The summed E-state index contributed by atoms with van der Waals surface area (Å²) >= 11 is 0. The molecule has 0 saturated heterocycles. The molecule has 6 heteroatoms. The predicted molar refractivity (Wildman–Crippen MR) is 270 cm³/mol. The van der Waals surface area contributed by atoms with Gasteiger partial charge >= 0.3 is 17.9 Å². The number of hydrogen-bond donors (Lipinski definition) is 0. The maximum atomic E-state index is 12.8. The molecule has 0 aromatic carbocycles. The van der Waals surface area contributed by atoms with Gasteiger partial charge in [0, 0.05) is 19.3 Å². The van der Waals surface area contributed by atoms with E-state index in [0.29, 0.717) is 19.3 Å². The highest BCUT2D eigenvalue weighted by Crippen LogP contribution is 2.15. The van der Waals surface area contributed by atoms with Crippen LogP contribution in [0.25, 0.3) is 0 Å². The first kappa shape index (κ1) is 60.6. The van der Waals surface area contributed by atoms with E-state index >= 15 is 0 Å². The van der Waals surface area contributed by atoms with Gasteiger partial charge in [0.25, 0.3) is 0 Å². The molecule has 0 aliphatic rings. The molecule has 368 valence electrons. The van der Waals surface area contributed by atoms with Crippen LogP contribution in [0.15, 0.2) is 36.5 Å². The van der Waals surface area contributed by atoms with Crippen LogP contribution in [0.4, 0.5) is 0 Å². The van der Waals surface area contributed by atoms with Gasteiger partial charge in [-0.2, -0.15) is 0 Å². The monoisotopic (exact) mass is 885 g/mol. The third-order valence-corrected chi connectivity index (χ3v) is 12.1. The van der Waals surface area contributed by atoms with Crippen LogP contribution in [0.1, 0.15) is 290 Å². The predicted octanol–water partition coefficient (Wildman–Crippen LogP) is 18.1. The first-order valence-electron chi connectivity index (χ1n) is 27.5. The molecule has 0 amide bonds. The average molecular weight is 885 g/mol. The third kappa shape index (κ3) is 50.5. The summed E-state index contributed by atoms with van der Waals surface area (Å²) in [6.45, 7) is 6.61. The van der Waals surface area contributed by atoms with Crippen molar-refractivity contribution in [2.75, 3.05) is 13.2 Å². The van der Waals surface area contributed by atoms with E-state index in [9.17, 15) is 14.4 Å². The second kappa shape index (κ2) is 52.3. The summed E-state index contributed by atoms with van der Waals surface area (Å²) < 4.78 is 16.8. The van der Waals surface area contributed by atoms with Crippen molar-refractivity contribution >= 4 is 17.9 Å². The van der Waals surface area contributed by atoms with Gasteiger partial charge in [0.15, 0.2) is 6.10 Å². The Hall–Kier alpha value is -2.37. The lowest BCUT2D eigenvalue weighted by molar-refractivity contribution is -0.167. The van der Waals surface area contributed by atoms with E-state index in [0.717, 1.165) is 70.6 Å². The number of ether oxygens (including phenoxy) is 3. The molecule has 0 aliphatic heterocycles. The number of unbranched alkanes of at least 4 members (excludes halogenated alkanes) is 33. The van der Waals surface area contributed by atoms with E-state index in [-0.39, 0.29) is 31.1 Å². The highest BCUT2D eigenvalue weighted by Gasteiger charge is 2.19. The van der Waals surface area contributed by atoms with Crippen molar-refractivity contribution in [2.24, 2.45) is 0 Å². The number of allylic oxidation sites excluding steroid dienone is 6. The van der Waals surface area contributed by atoms with Crippen LogP contribution < -0.4 is 0 Å². The molecule has 63 heavy (non-hydrogen) atoms. The first-order chi connectivity index (χ1) is 31.0.